The molecule has 0 N–H and O–H groups in total. The van der Waals surface area contributed by atoms with Crippen LogP contribution in [0.2, 0.25) is 0 Å². The first-order valence-electron chi connectivity index (χ1n) is 35.4. The standard InChI is InChI=1S/C16H30.C14H26.C11H20.2C6H11F3.C5H12.C4H7F3.2C4H10.C3H8.C2H6/c1-13-6-8-16(9-7-13)11-14(2,3)10-15(4,5)12-16;1-12-4-6-14(7-5-12)10-8-13(2,3)9-11-14;1-10-4-8-11(9-5-10)6-2-3-7-11;2*1-3-5(2)4-6(7,8)9;1-4-5(2)3;1-3(2)4(5,6)7;1-4(2)3;1-3-4-2;1-3-2;1-2/h13H,6-12H2,1-5H3;12H,4-11H2,1-3H3;10H,2-9H2,1H3;2*5H,3-4H2,1-2H3;5H,4H2,1-3H3;3H,1-2H3;4H,1-3H3;3-4H2,1-2H3;3H2,1-2H3;1-2H3/t;;;2*5-;;;;;;/m...00....../s1. The smallest absolute Gasteiger partial charge is 0.171 e. The topological polar surface area (TPSA) is 0 Å². The fourth-order valence-corrected chi connectivity index (χ4v) is 12.7. The van der Waals surface area contributed by atoms with Gasteiger partial charge in [0.15, 0.2) is 0 Å². The molecule has 514 valence electrons. The van der Waals surface area contributed by atoms with E-state index in [-0.39, 0.29) is 11.8 Å². The Kier molecular flexibility index (Phi) is 50.9. The summed E-state index contributed by atoms with van der Waals surface area (Å²) < 4.78 is 102. The first kappa shape index (κ1) is 92.1. The van der Waals surface area contributed by atoms with Gasteiger partial charge >= 0.3 is 18.5 Å². The lowest BCUT2D eigenvalue weighted by atomic mass is 9.51. The van der Waals surface area contributed by atoms with Crippen LogP contribution in [0.1, 0.15) is 386 Å². The van der Waals surface area contributed by atoms with E-state index >= 15 is 0 Å². The third kappa shape index (κ3) is 53.2. The summed E-state index contributed by atoms with van der Waals surface area (Å²) in [4.78, 5) is 0. The Balaban J connectivity index is -0.000000285. The van der Waals surface area contributed by atoms with Crippen molar-refractivity contribution < 1.29 is 39.5 Å². The van der Waals surface area contributed by atoms with Crippen molar-refractivity contribution in [1.29, 1.82) is 0 Å². The first-order chi connectivity index (χ1) is 38.2. The molecule has 6 saturated carbocycles. The van der Waals surface area contributed by atoms with Crippen molar-refractivity contribution in [3.05, 3.63) is 0 Å². The molecule has 6 aliphatic carbocycles. The van der Waals surface area contributed by atoms with Crippen LogP contribution in [0.3, 0.4) is 0 Å². The minimum Gasteiger partial charge on any atom is -0.171 e. The Morgan fingerprint density at radius 2 is 0.607 bits per heavy atom. The van der Waals surface area contributed by atoms with Crippen LogP contribution in [0.4, 0.5) is 39.5 Å². The van der Waals surface area contributed by atoms with Gasteiger partial charge < -0.3 is 0 Å². The van der Waals surface area contributed by atoms with E-state index in [1.54, 1.807) is 53.4 Å². The molecule has 0 aromatic carbocycles. The van der Waals surface area contributed by atoms with E-state index in [9.17, 15) is 39.5 Å². The highest BCUT2D eigenvalue weighted by atomic mass is 19.4. The Labute approximate surface area is 521 Å². The molecule has 0 radical (unpaired) electrons. The average Bonchev–Trinajstić information content (AvgIpc) is 3.92. The van der Waals surface area contributed by atoms with Gasteiger partial charge in [0, 0.05) is 18.8 Å². The Hall–Kier alpha value is -0.630. The van der Waals surface area contributed by atoms with Crippen LogP contribution in [0.25, 0.3) is 0 Å². The summed E-state index contributed by atoms with van der Waals surface area (Å²) in [7, 11) is 0. The van der Waals surface area contributed by atoms with Gasteiger partial charge in [0.25, 0.3) is 0 Å². The van der Waals surface area contributed by atoms with Crippen LogP contribution in [-0.4, -0.2) is 18.5 Å². The van der Waals surface area contributed by atoms with Crippen LogP contribution in [0.5, 0.6) is 0 Å². The van der Waals surface area contributed by atoms with Crippen molar-refractivity contribution in [3.63, 3.8) is 0 Å². The fourth-order valence-electron chi connectivity index (χ4n) is 12.7. The van der Waals surface area contributed by atoms with Crippen molar-refractivity contribution in [1.82, 2.24) is 0 Å². The van der Waals surface area contributed by atoms with E-state index in [1.807, 2.05) is 13.8 Å². The summed E-state index contributed by atoms with van der Waals surface area (Å²) in [5, 5.41) is 0. The van der Waals surface area contributed by atoms with Gasteiger partial charge in [-0.25, -0.2) is 0 Å². The number of hydrogen-bond acceptors (Lipinski definition) is 0. The zero-order chi connectivity index (χ0) is 67.0. The highest BCUT2D eigenvalue weighted by Crippen LogP contribution is 2.60. The molecular weight excluding hydrogens is 1070 g/mol. The molecule has 6 rings (SSSR count). The van der Waals surface area contributed by atoms with E-state index < -0.39 is 37.3 Å². The fraction of sp³-hybridized carbons (Fsp3) is 1.00. The molecule has 0 unspecified atom stereocenters. The quantitative estimate of drug-likeness (QED) is 0.233. The molecule has 0 aliphatic heterocycles. The highest BCUT2D eigenvalue weighted by molar-refractivity contribution is 4.99. The predicted molar refractivity (Wildman–Crippen MR) is 357 cm³/mol. The number of rotatable bonds is 6. The monoisotopic (exact) mass is 1220 g/mol. The molecule has 0 bridgehead atoms. The zero-order valence-electron chi connectivity index (χ0n) is 61.4. The van der Waals surface area contributed by atoms with Crippen molar-refractivity contribution in [2.45, 2.75) is 405 Å². The molecule has 6 aliphatic rings. The third-order valence-electron chi connectivity index (χ3n) is 18.5. The lowest BCUT2D eigenvalue weighted by Gasteiger charge is -2.54. The lowest BCUT2D eigenvalue weighted by molar-refractivity contribution is -0.164. The van der Waals surface area contributed by atoms with Gasteiger partial charge in [0.2, 0.25) is 0 Å². The van der Waals surface area contributed by atoms with E-state index in [4.69, 9.17) is 0 Å². The number of alkyl halides is 9. The summed E-state index contributed by atoms with van der Waals surface area (Å²) >= 11 is 0. The number of hydrogen-bond donors (Lipinski definition) is 0. The predicted octanol–water partition coefficient (Wildman–Crippen LogP) is 30.1. The van der Waals surface area contributed by atoms with Crippen molar-refractivity contribution in [3.8, 4) is 0 Å². The van der Waals surface area contributed by atoms with Gasteiger partial charge in [-0.1, -0.05) is 277 Å². The molecule has 0 aromatic heterocycles. The average molecular weight is 1220 g/mol. The van der Waals surface area contributed by atoms with Crippen molar-refractivity contribution in [2.24, 2.45) is 79.8 Å². The van der Waals surface area contributed by atoms with E-state index in [1.165, 1.54) is 148 Å². The third-order valence-corrected chi connectivity index (χ3v) is 18.5. The van der Waals surface area contributed by atoms with E-state index in [0.717, 1.165) is 54.3 Å². The Morgan fingerprint density at radius 1 is 0.369 bits per heavy atom. The van der Waals surface area contributed by atoms with Gasteiger partial charge in [-0.15, -0.1) is 0 Å². The van der Waals surface area contributed by atoms with Crippen LogP contribution in [-0.2, 0) is 0 Å². The zero-order valence-corrected chi connectivity index (χ0v) is 61.4. The summed E-state index contributed by atoms with van der Waals surface area (Å²) in [5.41, 5.74) is 4.14. The molecule has 0 nitrogen and oxygen atoms in total. The van der Waals surface area contributed by atoms with Gasteiger partial charge in [-0.2, -0.15) is 39.5 Å². The normalized spacial score (nSPS) is 21.8. The molecule has 0 amide bonds. The van der Waals surface area contributed by atoms with Gasteiger partial charge in [-0.05, 0) is 170 Å². The minimum atomic E-state index is -4.00. The van der Waals surface area contributed by atoms with Crippen molar-refractivity contribution in [2.75, 3.05) is 0 Å². The molecule has 0 saturated heterocycles. The number of unbranched alkanes of at least 4 members (excludes halogenated alkanes) is 1. The van der Waals surface area contributed by atoms with Crippen LogP contribution >= 0.6 is 0 Å². The maximum atomic E-state index is 11.5. The second-order valence-electron chi connectivity index (χ2n) is 31.9. The summed E-state index contributed by atoms with van der Waals surface area (Å²) in [6, 6.07) is 0. The molecule has 2 atom stereocenters. The van der Waals surface area contributed by atoms with Crippen LogP contribution in [0.15, 0.2) is 0 Å². The number of halogens is 9. The van der Waals surface area contributed by atoms with E-state index in [0.29, 0.717) is 34.5 Å². The Morgan fingerprint density at radius 3 is 0.798 bits per heavy atom. The second kappa shape index (κ2) is 46.4. The molecule has 0 aromatic rings. The molecule has 0 heterocycles. The van der Waals surface area contributed by atoms with E-state index in [2.05, 4.69) is 132 Å². The molecule has 84 heavy (non-hydrogen) atoms. The molecule has 9 heteroatoms. The Bertz CT molecular complexity index is 1380. The van der Waals surface area contributed by atoms with Gasteiger partial charge in [0.1, 0.15) is 0 Å². The summed E-state index contributed by atoms with van der Waals surface area (Å²) in [6.07, 6.45) is 27.8. The van der Waals surface area contributed by atoms with Crippen molar-refractivity contribution >= 4 is 0 Å². The SMILES string of the molecule is CC.CC(C)C.CC(C)C(F)(F)F.CC1CCC2(CC1)CC(C)(C)CC(C)(C)C2.CC1CCC2(CC1)CCC(C)(C)CC2.CC1CCC2(CCCC2)CC1.CCC.CCC(C)C.CCCC.CC[C@H](C)CC(F)(F)F.CC[C@H](C)CC(F)(F)F. The van der Waals surface area contributed by atoms with Gasteiger partial charge in [0.05, 0.1) is 0 Å². The highest BCUT2D eigenvalue weighted by Gasteiger charge is 2.48. The second-order valence-corrected chi connectivity index (χ2v) is 31.9. The largest absolute Gasteiger partial charge is 0.391 e. The minimum absolute atomic E-state index is 0.231. The van der Waals surface area contributed by atoms with Gasteiger partial charge in [-0.3, -0.25) is 0 Å². The molecule has 3 spiro atoms. The van der Waals surface area contributed by atoms with Crippen LogP contribution in [0, 0.1) is 79.8 Å². The first-order valence-corrected chi connectivity index (χ1v) is 35.4. The summed E-state index contributed by atoms with van der Waals surface area (Å²) in [5.74, 6) is 3.08. The van der Waals surface area contributed by atoms with Crippen LogP contribution < -0.4 is 0 Å². The molecule has 6 fully saturated rings. The molecular formula is C75H151F9. The maximum absolute atomic E-state index is 11.5. The lowest BCUT2D eigenvalue weighted by Crippen LogP contribution is -2.43. The summed E-state index contributed by atoms with van der Waals surface area (Å²) in [6.45, 7) is 56.9. The maximum Gasteiger partial charge on any atom is 0.391 e.